The molecule has 0 N–H and O–H groups in total. The minimum atomic E-state index is 1.01. The minimum absolute atomic E-state index is 1.01. The van der Waals surface area contributed by atoms with E-state index in [-0.39, 0.29) is 0 Å². The second-order valence-corrected chi connectivity index (χ2v) is 6.42. The first-order valence-electron chi connectivity index (χ1n) is 8.31. The summed E-state index contributed by atoms with van der Waals surface area (Å²) in [7, 11) is 0. The lowest BCUT2D eigenvalue weighted by molar-refractivity contribution is 1.05. The van der Waals surface area contributed by atoms with Crippen LogP contribution in [0.1, 0.15) is 38.9 Å². The third-order valence-electron chi connectivity index (χ3n) is 4.74. The van der Waals surface area contributed by atoms with E-state index in [9.17, 15) is 0 Å². The summed E-state index contributed by atoms with van der Waals surface area (Å²) >= 11 is 0. The predicted molar refractivity (Wildman–Crippen MR) is 99.1 cm³/mol. The maximum absolute atomic E-state index is 2.35. The van der Waals surface area contributed by atoms with Gasteiger partial charge in [0, 0.05) is 0 Å². The summed E-state index contributed by atoms with van der Waals surface area (Å²) < 4.78 is 0. The Morgan fingerprint density at radius 2 is 0.957 bits per heavy atom. The molecule has 0 saturated heterocycles. The van der Waals surface area contributed by atoms with Gasteiger partial charge in [-0.3, -0.25) is 0 Å². The first-order chi connectivity index (χ1) is 11.1. The third-order valence-corrected chi connectivity index (χ3v) is 4.74. The van der Waals surface area contributed by atoms with Crippen molar-refractivity contribution in [3.63, 3.8) is 0 Å². The lowest BCUT2D eigenvalue weighted by atomic mass is 9.87. The zero-order valence-corrected chi connectivity index (χ0v) is 14.3. The highest BCUT2D eigenvalue weighted by Crippen LogP contribution is 2.26. The molecule has 0 bridgehead atoms. The lowest BCUT2D eigenvalue weighted by Gasteiger charge is -2.18. The molecule has 0 aliphatic rings. The first kappa shape index (κ1) is 15.6. The van der Waals surface area contributed by atoms with Gasteiger partial charge < -0.3 is 0 Å². The lowest BCUT2D eigenvalue weighted by Crippen LogP contribution is -2.04. The Kier molecular flexibility index (Phi) is 4.62. The Bertz CT molecular complexity index is 718. The summed E-state index contributed by atoms with van der Waals surface area (Å²) in [5, 5.41) is 0. The fourth-order valence-corrected chi connectivity index (χ4v) is 3.42. The molecule has 0 aliphatic carbocycles. The Morgan fingerprint density at radius 3 is 1.35 bits per heavy atom. The van der Waals surface area contributed by atoms with Gasteiger partial charge in [-0.1, -0.05) is 66.7 Å². The van der Waals surface area contributed by atoms with E-state index >= 15 is 0 Å². The molecule has 3 aromatic rings. The largest absolute Gasteiger partial charge is 0.0622 e. The van der Waals surface area contributed by atoms with Gasteiger partial charge in [0.25, 0.3) is 0 Å². The van der Waals surface area contributed by atoms with Crippen molar-refractivity contribution in [1.82, 2.24) is 0 Å². The molecular formula is C23H24. The van der Waals surface area contributed by atoms with Crippen molar-refractivity contribution in [2.45, 2.75) is 33.6 Å². The molecule has 0 heteroatoms. The van der Waals surface area contributed by atoms with Crippen LogP contribution in [0.25, 0.3) is 0 Å². The molecule has 116 valence electrons. The van der Waals surface area contributed by atoms with E-state index in [0.29, 0.717) is 0 Å². The molecule has 3 rings (SSSR count). The summed E-state index contributed by atoms with van der Waals surface area (Å²) in [5.74, 6) is 0. The molecular weight excluding hydrogens is 276 g/mol. The van der Waals surface area contributed by atoms with Crippen LogP contribution in [0.3, 0.4) is 0 Å². The van der Waals surface area contributed by atoms with Crippen LogP contribution in [0.4, 0.5) is 0 Å². The molecule has 0 unspecified atom stereocenters. The van der Waals surface area contributed by atoms with Gasteiger partial charge in [0.15, 0.2) is 0 Å². The van der Waals surface area contributed by atoms with E-state index in [1.54, 1.807) is 0 Å². The van der Waals surface area contributed by atoms with Crippen LogP contribution in [0, 0.1) is 20.8 Å². The number of hydrogen-bond donors (Lipinski definition) is 0. The Balaban J connectivity index is 1.99. The normalized spacial score (nSPS) is 10.7. The van der Waals surface area contributed by atoms with Crippen LogP contribution in [-0.4, -0.2) is 0 Å². The van der Waals surface area contributed by atoms with Crippen molar-refractivity contribution >= 4 is 0 Å². The minimum Gasteiger partial charge on any atom is -0.0622 e. The molecule has 0 aliphatic heterocycles. The molecule has 23 heavy (non-hydrogen) atoms. The average molecular weight is 300 g/mol. The maximum atomic E-state index is 2.35. The molecule has 0 aromatic heterocycles. The van der Waals surface area contributed by atoms with Crippen molar-refractivity contribution < 1.29 is 0 Å². The maximum Gasteiger partial charge on any atom is -0.00204 e. The highest BCUT2D eigenvalue weighted by atomic mass is 14.2. The summed E-state index contributed by atoms with van der Waals surface area (Å²) in [6.07, 6.45) is 2.03. The van der Waals surface area contributed by atoms with Gasteiger partial charge in [-0.15, -0.1) is 0 Å². The topological polar surface area (TPSA) is 0 Å². The van der Waals surface area contributed by atoms with Gasteiger partial charge >= 0.3 is 0 Å². The van der Waals surface area contributed by atoms with E-state index in [1.807, 2.05) is 0 Å². The summed E-state index contributed by atoms with van der Waals surface area (Å²) in [6.45, 7) is 6.77. The number of rotatable bonds is 4. The molecule has 0 fully saturated rings. The second-order valence-electron chi connectivity index (χ2n) is 6.42. The number of hydrogen-bond acceptors (Lipinski definition) is 0. The Labute approximate surface area is 139 Å². The van der Waals surface area contributed by atoms with Crippen molar-refractivity contribution in [2.75, 3.05) is 0 Å². The van der Waals surface area contributed by atoms with Crippen molar-refractivity contribution in [3.8, 4) is 0 Å². The smallest absolute Gasteiger partial charge is 0.00204 e. The van der Waals surface area contributed by atoms with Crippen molar-refractivity contribution in [3.05, 3.63) is 106 Å². The van der Waals surface area contributed by atoms with Crippen LogP contribution in [0.2, 0.25) is 0 Å². The van der Waals surface area contributed by atoms with Gasteiger partial charge in [-0.25, -0.2) is 0 Å². The summed E-state index contributed by atoms with van der Waals surface area (Å²) in [4.78, 5) is 0. The van der Waals surface area contributed by atoms with Gasteiger partial charge in [0.2, 0.25) is 0 Å². The fraction of sp³-hybridized carbons (Fsp3) is 0.217. The van der Waals surface area contributed by atoms with Crippen LogP contribution < -0.4 is 0 Å². The van der Waals surface area contributed by atoms with Crippen molar-refractivity contribution in [2.24, 2.45) is 0 Å². The number of aryl methyl sites for hydroxylation is 2. The Hall–Kier alpha value is -2.34. The van der Waals surface area contributed by atoms with Gasteiger partial charge in [-0.2, -0.15) is 0 Å². The fourth-order valence-electron chi connectivity index (χ4n) is 3.42. The summed E-state index contributed by atoms with van der Waals surface area (Å²) in [5.41, 5.74) is 9.98. The molecule has 3 aromatic carbocycles. The molecule has 0 nitrogen and oxygen atoms in total. The summed E-state index contributed by atoms with van der Waals surface area (Å²) in [6, 6.07) is 23.9. The Morgan fingerprint density at radius 1 is 0.565 bits per heavy atom. The molecule has 0 spiro atoms. The predicted octanol–water partition coefficient (Wildman–Crippen LogP) is 5.79. The molecule has 0 heterocycles. The van der Waals surface area contributed by atoms with E-state index in [0.717, 1.165) is 12.8 Å². The second kappa shape index (κ2) is 6.83. The van der Waals surface area contributed by atoms with Crippen molar-refractivity contribution in [1.29, 1.82) is 0 Å². The van der Waals surface area contributed by atoms with E-state index in [2.05, 4.69) is 87.5 Å². The highest BCUT2D eigenvalue weighted by molar-refractivity contribution is 5.48. The van der Waals surface area contributed by atoms with Crippen LogP contribution in [0.15, 0.2) is 66.7 Å². The average Bonchev–Trinajstić information content (AvgIpc) is 2.57. The SMILES string of the molecule is Cc1cc(C)c(Cc2ccccc2)c(C)c1Cc1ccccc1. The molecule has 0 amide bonds. The monoisotopic (exact) mass is 300 g/mol. The highest BCUT2D eigenvalue weighted by Gasteiger charge is 2.12. The molecule has 0 radical (unpaired) electrons. The van der Waals surface area contributed by atoms with Crippen LogP contribution in [0.5, 0.6) is 0 Å². The van der Waals surface area contributed by atoms with Gasteiger partial charge in [0.1, 0.15) is 0 Å². The first-order valence-corrected chi connectivity index (χ1v) is 8.31. The van der Waals surface area contributed by atoms with E-state index in [4.69, 9.17) is 0 Å². The van der Waals surface area contributed by atoms with Crippen LogP contribution >= 0.6 is 0 Å². The van der Waals surface area contributed by atoms with Crippen LogP contribution in [-0.2, 0) is 12.8 Å². The van der Waals surface area contributed by atoms with Gasteiger partial charge in [0.05, 0.1) is 0 Å². The van der Waals surface area contributed by atoms with E-state index in [1.165, 1.54) is 38.9 Å². The van der Waals surface area contributed by atoms with Gasteiger partial charge in [-0.05, 0) is 72.6 Å². The standard InChI is InChI=1S/C23H24/c1-17-14-18(2)23(16-21-12-8-5-9-13-21)19(3)22(17)15-20-10-6-4-7-11-20/h4-14H,15-16H2,1-3H3. The third kappa shape index (κ3) is 3.53. The quantitative estimate of drug-likeness (QED) is 0.572. The van der Waals surface area contributed by atoms with E-state index < -0.39 is 0 Å². The molecule has 0 saturated carbocycles. The number of benzene rings is 3. The zero-order chi connectivity index (χ0) is 16.2. The molecule has 0 atom stereocenters. The zero-order valence-electron chi connectivity index (χ0n) is 14.3.